The molecule has 0 saturated carbocycles. The normalized spacial score (nSPS) is 11.3. The number of carbonyl (C=O) groups is 1. The fraction of sp³-hybridized carbons (Fsp3) is 0.208. The first-order valence-electron chi connectivity index (χ1n) is 10.9. The molecule has 5 aromatic rings. The number of benzene rings is 1. The molecule has 9 nitrogen and oxygen atoms in total. The van der Waals surface area contributed by atoms with Crippen LogP contribution in [0.2, 0.25) is 5.02 Å². The van der Waals surface area contributed by atoms with Crippen molar-refractivity contribution in [2.45, 2.75) is 26.9 Å². The number of rotatable bonds is 6. The van der Waals surface area contributed by atoms with Crippen molar-refractivity contribution in [1.82, 2.24) is 34.3 Å². The zero-order chi connectivity index (χ0) is 23.8. The van der Waals surface area contributed by atoms with E-state index in [2.05, 4.69) is 20.6 Å². The summed E-state index contributed by atoms with van der Waals surface area (Å²) in [5.74, 6) is -0.253. The van der Waals surface area contributed by atoms with E-state index in [1.807, 2.05) is 50.1 Å². The number of nitrogens with zero attached hydrogens (tertiary/aromatic N) is 7. The molecule has 1 aromatic carbocycles. The Labute approximate surface area is 201 Å². The molecule has 172 valence electrons. The molecule has 0 aliphatic carbocycles. The van der Waals surface area contributed by atoms with E-state index in [0.717, 1.165) is 28.8 Å². The molecule has 0 fully saturated rings. The van der Waals surface area contributed by atoms with E-state index in [9.17, 15) is 4.79 Å². The van der Waals surface area contributed by atoms with Crippen LogP contribution < -0.4 is 5.32 Å². The molecule has 0 saturated heterocycles. The van der Waals surface area contributed by atoms with Crippen molar-refractivity contribution in [2.75, 3.05) is 5.32 Å². The van der Waals surface area contributed by atoms with E-state index in [0.29, 0.717) is 34.2 Å². The predicted molar refractivity (Wildman–Crippen MR) is 131 cm³/mol. The lowest BCUT2D eigenvalue weighted by atomic mass is 10.0. The highest BCUT2D eigenvalue weighted by atomic mass is 35.5. The van der Waals surface area contributed by atoms with Gasteiger partial charge in [0.2, 0.25) is 0 Å². The Hall–Kier alpha value is -3.98. The second-order valence-electron chi connectivity index (χ2n) is 8.05. The molecule has 0 aliphatic heterocycles. The summed E-state index contributed by atoms with van der Waals surface area (Å²) in [5, 5.41) is 17.5. The van der Waals surface area contributed by atoms with Gasteiger partial charge in [-0.1, -0.05) is 23.7 Å². The molecule has 0 spiro atoms. The van der Waals surface area contributed by atoms with Crippen molar-refractivity contribution in [3.8, 4) is 11.3 Å². The van der Waals surface area contributed by atoms with Crippen molar-refractivity contribution in [3.63, 3.8) is 0 Å². The molecule has 0 unspecified atom stereocenters. The van der Waals surface area contributed by atoms with E-state index in [1.165, 1.54) is 0 Å². The molecule has 5 rings (SSSR count). The van der Waals surface area contributed by atoms with Crippen LogP contribution in [-0.2, 0) is 20.1 Å². The number of amides is 1. The zero-order valence-corrected chi connectivity index (χ0v) is 19.8. The van der Waals surface area contributed by atoms with Gasteiger partial charge >= 0.3 is 0 Å². The Bertz CT molecular complexity index is 1500. The van der Waals surface area contributed by atoms with Crippen molar-refractivity contribution in [1.29, 1.82) is 0 Å². The second kappa shape index (κ2) is 8.75. The maximum Gasteiger partial charge on any atom is 0.256 e. The fourth-order valence-corrected chi connectivity index (χ4v) is 4.08. The lowest BCUT2D eigenvalue weighted by molar-refractivity contribution is 0.102. The molecule has 34 heavy (non-hydrogen) atoms. The number of aromatic nitrogens is 7. The largest absolute Gasteiger partial charge is 0.319 e. The summed E-state index contributed by atoms with van der Waals surface area (Å²) in [4.78, 5) is 18.1. The van der Waals surface area contributed by atoms with Crippen LogP contribution in [-0.4, -0.2) is 40.2 Å². The number of anilines is 1. The van der Waals surface area contributed by atoms with E-state index in [-0.39, 0.29) is 5.91 Å². The molecule has 1 N–H and O–H groups in total. The third-order valence-corrected chi connectivity index (χ3v) is 5.85. The smallest absolute Gasteiger partial charge is 0.256 e. The average molecular weight is 475 g/mol. The number of nitrogens with one attached hydrogen (secondary N) is 1. The monoisotopic (exact) mass is 474 g/mol. The average Bonchev–Trinajstić information content (AvgIpc) is 3.54. The number of carbonyl (C=O) groups excluding carboxylic acids is 1. The van der Waals surface area contributed by atoms with Gasteiger partial charge in [-0.15, -0.1) is 0 Å². The van der Waals surface area contributed by atoms with Crippen molar-refractivity contribution < 1.29 is 4.79 Å². The van der Waals surface area contributed by atoms with E-state index >= 15 is 0 Å². The Balaban J connectivity index is 1.46. The van der Waals surface area contributed by atoms with Crippen LogP contribution in [0.4, 0.5) is 5.69 Å². The third kappa shape index (κ3) is 4.17. The van der Waals surface area contributed by atoms with Gasteiger partial charge in [-0.2, -0.15) is 15.3 Å². The zero-order valence-electron chi connectivity index (χ0n) is 19.0. The number of hydrogen-bond acceptors (Lipinski definition) is 5. The van der Waals surface area contributed by atoms with Crippen LogP contribution in [0.1, 0.15) is 28.5 Å². The van der Waals surface area contributed by atoms with Gasteiger partial charge in [0.05, 0.1) is 47.0 Å². The first-order valence-corrected chi connectivity index (χ1v) is 11.2. The number of fused-ring (bicyclic) bond motifs is 1. The number of pyridine rings is 1. The van der Waals surface area contributed by atoms with E-state index in [4.69, 9.17) is 16.6 Å². The van der Waals surface area contributed by atoms with E-state index < -0.39 is 0 Å². The van der Waals surface area contributed by atoms with Crippen molar-refractivity contribution in [3.05, 3.63) is 77.0 Å². The number of hydrogen-bond donors (Lipinski definition) is 1. The summed E-state index contributed by atoms with van der Waals surface area (Å²) in [6, 6.07) is 9.16. The molecule has 4 heterocycles. The molecular weight excluding hydrogens is 452 g/mol. The summed E-state index contributed by atoms with van der Waals surface area (Å²) in [6.45, 7) is 5.29. The van der Waals surface area contributed by atoms with Crippen LogP contribution in [0.25, 0.3) is 22.3 Å². The summed E-state index contributed by atoms with van der Waals surface area (Å²) in [7, 11) is 1.82. The fourth-order valence-electron chi connectivity index (χ4n) is 3.95. The molecule has 1 amide bonds. The lowest BCUT2D eigenvalue weighted by Crippen LogP contribution is -2.13. The van der Waals surface area contributed by atoms with Crippen molar-refractivity contribution >= 4 is 34.2 Å². The summed E-state index contributed by atoms with van der Waals surface area (Å²) < 4.78 is 5.32. The molecule has 10 heteroatoms. The molecular formula is C24H23ClN8O. The van der Waals surface area contributed by atoms with Crippen LogP contribution in [0, 0.1) is 6.92 Å². The van der Waals surface area contributed by atoms with Gasteiger partial charge in [0, 0.05) is 42.1 Å². The maximum absolute atomic E-state index is 13.4. The Morgan fingerprint density at radius 2 is 1.85 bits per heavy atom. The first kappa shape index (κ1) is 21.8. The van der Waals surface area contributed by atoms with Gasteiger partial charge in [-0.3, -0.25) is 18.8 Å². The van der Waals surface area contributed by atoms with Gasteiger partial charge < -0.3 is 5.32 Å². The topological polar surface area (TPSA) is 95.5 Å². The quantitative estimate of drug-likeness (QED) is 0.395. The minimum atomic E-state index is -0.253. The van der Waals surface area contributed by atoms with E-state index in [1.54, 1.807) is 40.0 Å². The van der Waals surface area contributed by atoms with Crippen LogP contribution in [0.3, 0.4) is 0 Å². The Morgan fingerprint density at radius 1 is 1.09 bits per heavy atom. The highest BCUT2D eigenvalue weighted by Gasteiger charge is 2.20. The molecule has 0 atom stereocenters. The minimum absolute atomic E-state index is 0.253. The summed E-state index contributed by atoms with van der Waals surface area (Å²) in [6.07, 6.45) is 7.24. The predicted octanol–water partition coefficient (Wildman–Crippen LogP) is 4.31. The van der Waals surface area contributed by atoms with Crippen molar-refractivity contribution in [2.24, 2.45) is 7.05 Å². The lowest BCUT2D eigenvalue weighted by Gasteiger charge is -2.09. The molecule has 0 bridgehead atoms. The molecule has 4 aromatic heterocycles. The maximum atomic E-state index is 13.4. The third-order valence-electron chi connectivity index (χ3n) is 5.60. The number of halogens is 1. The standard InChI is InChI=1S/C24H23ClN8O/c1-4-32-12-16(10-26-32)13-33-14-19(11-27-33)28-24(34)20-9-21(17-5-7-18(25)8-6-17)29-23-22(20)15(2)30-31(23)3/h5-12,14H,4,13H2,1-3H3,(H,28,34). The molecule has 0 aliphatic rings. The van der Waals surface area contributed by atoms with Crippen LogP contribution in [0.15, 0.2) is 55.1 Å². The molecule has 0 radical (unpaired) electrons. The first-order chi connectivity index (χ1) is 16.4. The number of aryl methyl sites for hydroxylation is 3. The Morgan fingerprint density at radius 3 is 2.59 bits per heavy atom. The van der Waals surface area contributed by atoms with Crippen LogP contribution >= 0.6 is 11.6 Å². The SMILES string of the molecule is CCn1cc(Cn2cc(NC(=O)c3cc(-c4ccc(Cl)cc4)nc4c3c(C)nn4C)cn2)cn1. The second-order valence-corrected chi connectivity index (χ2v) is 8.49. The Kier molecular flexibility index (Phi) is 5.62. The highest BCUT2D eigenvalue weighted by molar-refractivity contribution is 6.30. The van der Waals surface area contributed by atoms with Crippen LogP contribution in [0.5, 0.6) is 0 Å². The van der Waals surface area contributed by atoms with Gasteiger partial charge in [-0.05, 0) is 32.0 Å². The van der Waals surface area contributed by atoms with Gasteiger partial charge in [0.15, 0.2) is 5.65 Å². The van der Waals surface area contributed by atoms with Gasteiger partial charge in [-0.25, -0.2) is 4.98 Å². The van der Waals surface area contributed by atoms with Gasteiger partial charge in [0.25, 0.3) is 5.91 Å². The summed E-state index contributed by atoms with van der Waals surface area (Å²) in [5.41, 5.74) is 5.04. The van der Waals surface area contributed by atoms with Gasteiger partial charge in [0.1, 0.15) is 0 Å². The highest BCUT2D eigenvalue weighted by Crippen LogP contribution is 2.28. The minimum Gasteiger partial charge on any atom is -0.319 e. The summed E-state index contributed by atoms with van der Waals surface area (Å²) >= 11 is 6.05.